The number of aliphatic carboxylic acids is 1. The van der Waals surface area contributed by atoms with Crippen LogP contribution in [0, 0.1) is 6.92 Å². The summed E-state index contributed by atoms with van der Waals surface area (Å²) >= 11 is 0. The molecule has 0 fully saturated rings. The van der Waals surface area contributed by atoms with E-state index >= 15 is 0 Å². The lowest BCUT2D eigenvalue weighted by Crippen LogP contribution is -2.45. The topological polar surface area (TPSA) is 112 Å². The smallest absolute Gasteiger partial charge is 0.328 e. The average molecular weight is 473 g/mol. The van der Waals surface area contributed by atoms with Gasteiger partial charge in [0.25, 0.3) is 0 Å². The molecular weight excluding hydrogens is 444 g/mol. The van der Waals surface area contributed by atoms with E-state index in [1.807, 2.05) is 38.1 Å². The molecule has 0 aliphatic carbocycles. The number of urea groups is 1. The molecule has 0 bridgehead atoms. The second-order valence-corrected chi connectivity index (χ2v) is 7.62. The summed E-state index contributed by atoms with van der Waals surface area (Å²) in [5.41, 5.74) is 3.57. The van der Waals surface area contributed by atoms with Gasteiger partial charge in [-0.2, -0.15) is 0 Å². The molecule has 0 radical (unpaired) electrons. The van der Waals surface area contributed by atoms with Crippen molar-refractivity contribution >= 4 is 29.7 Å². The number of nitrogens with zero attached hydrogens (tertiary/aromatic N) is 1. The minimum absolute atomic E-state index is 0.322. The summed E-state index contributed by atoms with van der Waals surface area (Å²) in [6.07, 6.45) is 2.57. The summed E-state index contributed by atoms with van der Waals surface area (Å²) < 4.78 is 5.87. The van der Waals surface area contributed by atoms with E-state index in [9.17, 15) is 9.59 Å². The molecule has 2 amide bonds. The third-order valence-electron chi connectivity index (χ3n) is 4.74. The molecule has 35 heavy (non-hydrogen) atoms. The zero-order valence-electron chi connectivity index (χ0n) is 19.6. The van der Waals surface area contributed by atoms with E-state index in [1.165, 1.54) is 11.6 Å². The van der Waals surface area contributed by atoms with Gasteiger partial charge in [0.2, 0.25) is 5.96 Å². The molecule has 0 heterocycles. The number of carbonyl (C=O) groups is 2. The van der Waals surface area contributed by atoms with E-state index in [0.29, 0.717) is 41.8 Å². The minimum atomic E-state index is -1.01. The molecule has 0 unspecified atom stereocenters. The summed E-state index contributed by atoms with van der Waals surface area (Å²) in [5, 5.41) is 17.4. The fourth-order valence-corrected chi connectivity index (χ4v) is 3.02. The number of guanidine groups is 1. The molecule has 180 valence electrons. The Bertz CT molecular complexity index is 1200. The Balaban J connectivity index is 1.70. The highest BCUT2D eigenvalue weighted by Gasteiger charge is 2.06. The maximum atomic E-state index is 12.1. The molecule has 8 nitrogen and oxygen atoms in total. The van der Waals surface area contributed by atoms with Gasteiger partial charge in [0.05, 0.1) is 5.69 Å². The number of hydrogen-bond donors (Lipinski definition) is 4. The molecule has 8 heteroatoms. The monoisotopic (exact) mass is 472 g/mol. The van der Waals surface area contributed by atoms with E-state index in [4.69, 9.17) is 9.84 Å². The summed E-state index contributed by atoms with van der Waals surface area (Å²) in [7, 11) is 0. The Morgan fingerprint density at radius 3 is 2.40 bits per heavy atom. The molecule has 0 aliphatic heterocycles. The second-order valence-electron chi connectivity index (χ2n) is 7.62. The molecule has 0 aromatic heterocycles. The summed E-state index contributed by atoms with van der Waals surface area (Å²) in [6, 6.07) is 21.9. The van der Waals surface area contributed by atoms with Crippen molar-refractivity contribution in [2.24, 2.45) is 4.99 Å². The van der Waals surface area contributed by atoms with Crippen LogP contribution in [0.2, 0.25) is 0 Å². The van der Waals surface area contributed by atoms with Crippen LogP contribution in [-0.4, -0.2) is 29.6 Å². The van der Waals surface area contributed by atoms with Gasteiger partial charge in [0.1, 0.15) is 11.5 Å². The van der Waals surface area contributed by atoms with Gasteiger partial charge in [-0.15, -0.1) is 0 Å². The maximum Gasteiger partial charge on any atom is 0.328 e. The van der Waals surface area contributed by atoms with E-state index in [0.717, 1.165) is 11.6 Å². The number of benzene rings is 3. The quantitative estimate of drug-likeness (QED) is 0.210. The number of aliphatic imine (C=N–C) groups is 1. The Labute approximate surface area is 204 Å². The van der Waals surface area contributed by atoms with Crippen molar-refractivity contribution in [3.8, 4) is 11.5 Å². The SMILES string of the molecule is CCNC(=O)N/C(=N\c1ccc(Oc2cccc(/C=C/C(=O)O)c2)cc1)NCc1ccc(C)cc1. The van der Waals surface area contributed by atoms with Crippen molar-refractivity contribution in [2.45, 2.75) is 20.4 Å². The largest absolute Gasteiger partial charge is 0.478 e. The lowest BCUT2D eigenvalue weighted by atomic mass is 10.1. The Hall–Kier alpha value is -4.59. The number of rotatable bonds is 8. The van der Waals surface area contributed by atoms with Gasteiger partial charge < -0.3 is 20.5 Å². The van der Waals surface area contributed by atoms with Gasteiger partial charge in [0, 0.05) is 19.2 Å². The van der Waals surface area contributed by atoms with Crippen molar-refractivity contribution in [1.82, 2.24) is 16.0 Å². The van der Waals surface area contributed by atoms with Gasteiger partial charge >= 0.3 is 12.0 Å². The van der Waals surface area contributed by atoms with Crippen LogP contribution in [0.15, 0.2) is 83.9 Å². The number of hydrogen-bond acceptors (Lipinski definition) is 4. The van der Waals surface area contributed by atoms with Crippen molar-refractivity contribution in [3.05, 3.63) is 95.6 Å². The highest BCUT2D eigenvalue weighted by molar-refractivity contribution is 5.97. The van der Waals surface area contributed by atoms with Crippen LogP contribution in [0.4, 0.5) is 10.5 Å². The standard InChI is InChI=1S/C27H28N4O4/c1-3-28-27(34)31-26(29-18-21-9-7-19(2)8-10-21)30-22-12-14-23(15-13-22)35-24-6-4-5-20(17-24)11-16-25(32)33/h4-17H,3,18H2,1-2H3,(H,32,33)(H3,28,29,30,31,34)/b16-11+. The van der Waals surface area contributed by atoms with E-state index in [2.05, 4.69) is 20.9 Å². The van der Waals surface area contributed by atoms with Crippen LogP contribution in [0.3, 0.4) is 0 Å². The van der Waals surface area contributed by atoms with Crippen LogP contribution < -0.4 is 20.7 Å². The van der Waals surface area contributed by atoms with Gasteiger partial charge in [0.15, 0.2) is 0 Å². The van der Waals surface area contributed by atoms with Gasteiger partial charge in [-0.05, 0) is 67.4 Å². The predicted octanol–water partition coefficient (Wildman–Crippen LogP) is 4.98. The Morgan fingerprint density at radius 1 is 0.971 bits per heavy atom. The van der Waals surface area contributed by atoms with Gasteiger partial charge in [-0.25, -0.2) is 14.6 Å². The van der Waals surface area contributed by atoms with Crippen LogP contribution in [0.5, 0.6) is 11.5 Å². The first-order valence-corrected chi connectivity index (χ1v) is 11.1. The van der Waals surface area contributed by atoms with E-state index in [-0.39, 0.29) is 6.03 Å². The number of nitrogens with one attached hydrogen (secondary N) is 3. The number of amides is 2. The average Bonchev–Trinajstić information content (AvgIpc) is 2.84. The summed E-state index contributed by atoms with van der Waals surface area (Å²) in [5.74, 6) is 0.478. The first-order valence-electron chi connectivity index (χ1n) is 11.1. The van der Waals surface area contributed by atoms with Crippen molar-refractivity contribution in [2.75, 3.05) is 6.54 Å². The third-order valence-corrected chi connectivity index (χ3v) is 4.74. The molecular formula is C27H28N4O4. The van der Waals surface area contributed by atoms with Crippen LogP contribution in [0.1, 0.15) is 23.6 Å². The van der Waals surface area contributed by atoms with Gasteiger partial charge in [-0.1, -0.05) is 42.0 Å². The van der Waals surface area contributed by atoms with E-state index < -0.39 is 5.97 Å². The third kappa shape index (κ3) is 8.70. The maximum absolute atomic E-state index is 12.1. The fraction of sp³-hybridized carbons (Fsp3) is 0.148. The van der Waals surface area contributed by atoms with Gasteiger partial charge in [-0.3, -0.25) is 5.32 Å². The number of ether oxygens (including phenoxy) is 1. The Kier molecular flexibility index (Phi) is 9.01. The molecule has 0 saturated heterocycles. The minimum Gasteiger partial charge on any atom is -0.478 e. The lowest BCUT2D eigenvalue weighted by molar-refractivity contribution is -0.131. The van der Waals surface area contributed by atoms with Crippen LogP contribution in [0.25, 0.3) is 6.08 Å². The predicted molar refractivity (Wildman–Crippen MR) is 137 cm³/mol. The Morgan fingerprint density at radius 2 is 1.71 bits per heavy atom. The molecule has 0 spiro atoms. The first-order chi connectivity index (χ1) is 16.9. The van der Waals surface area contributed by atoms with Crippen molar-refractivity contribution < 1.29 is 19.4 Å². The fourth-order valence-electron chi connectivity index (χ4n) is 3.02. The number of carboxylic acid groups (broad SMARTS) is 1. The number of carbonyl (C=O) groups excluding carboxylic acids is 1. The molecule has 0 atom stereocenters. The molecule has 3 aromatic carbocycles. The highest BCUT2D eigenvalue weighted by Crippen LogP contribution is 2.25. The number of carboxylic acids is 1. The molecule has 3 rings (SSSR count). The second kappa shape index (κ2) is 12.6. The molecule has 3 aromatic rings. The number of aryl methyl sites for hydroxylation is 1. The van der Waals surface area contributed by atoms with Crippen LogP contribution in [-0.2, 0) is 11.3 Å². The van der Waals surface area contributed by atoms with Crippen molar-refractivity contribution in [1.29, 1.82) is 0 Å². The molecule has 0 aliphatic rings. The summed E-state index contributed by atoms with van der Waals surface area (Å²) in [6.45, 7) is 4.87. The normalized spacial score (nSPS) is 11.2. The highest BCUT2D eigenvalue weighted by atomic mass is 16.5. The zero-order valence-corrected chi connectivity index (χ0v) is 19.6. The van der Waals surface area contributed by atoms with E-state index in [1.54, 1.807) is 48.5 Å². The zero-order chi connectivity index (χ0) is 25.0. The first kappa shape index (κ1) is 25.0. The molecule has 0 saturated carbocycles. The lowest BCUT2D eigenvalue weighted by Gasteiger charge is -2.12. The van der Waals surface area contributed by atoms with Crippen molar-refractivity contribution in [3.63, 3.8) is 0 Å². The van der Waals surface area contributed by atoms with Crippen LogP contribution >= 0.6 is 0 Å². The summed E-state index contributed by atoms with van der Waals surface area (Å²) in [4.78, 5) is 27.3. The molecule has 4 N–H and O–H groups in total.